The molecular weight excluding hydrogens is 164 g/mol. The van der Waals surface area contributed by atoms with E-state index in [0.29, 0.717) is 0 Å². The van der Waals surface area contributed by atoms with Crippen molar-refractivity contribution in [3.8, 4) is 5.88 Å². The lowest BCUT2D eigenvalue weighted by molar-refractivity contribution is 0.399. The van der Waals surface area contributed by atoms with Crippen LogP contribution in [0.4, 0.5) is 0 Å². The summed E-state index contributed by atoms with van der Waals surface area (Å²) >= 11 is 0. The van der Waals surface area contributed by atoms with Gasteiger partial charge in [-0.1, -0.05) is 5.16 Å². The molecule has 2 heterocycles. The van der Waals surface area contributed by atoms with Crippen molar-refractivity contribution >= 4 is 0 Å². The molecule has 3 heteroatoms. The van der Waals surface area contributed by atoms with Gasteiger partial charge in [0.2, 0.25) is 5.88 Å². The van der Waals surface area contributed by atoms with E-state index in [1.54, 1.807) is 0 Å². The summed E-state index contributed by atoms with van der Waals surface area (Å²) in [4.78, 5) is 0. The van der Waals surface area contributed by atoms with Crippen LogP contribution in [0.2, 0.25) is 0 Å². The van der Waals surface area contributed by atoms with Gasteiger partial charge in [-0.15, -0.1) is 0 Å². The molecular formula is C10H12N2O. The maximum absolute atomic E-state index is 5.18. The molecule has 0 unspecified atom stereocenters. The van der Waals surface area contributed by atoms with Crippen molar-refractivity contribution in [3.05, 3.63) is 35.3 Å². The van der Waals surface area contributed by atoms with Gasteiger partial charge in [-0.25, -0.2) is 0 Å². The maximum atomic E-state index is 5.18. The summed E-state index contributed by atoms with van der Waals surface area (Å²) in [6.07, 6.45) is 0. The highest BCUT2D eigenvalue weighted by Crippen LogP contribution is 2.16. The van der Waals surface area contributed by atoms with Crippen LogP contribution in [-0.2, 0) is 0 Å². The Balaban J connectivity index is 2.57. The summed E-state index contributed by atoms with van der Waals surface area (Å²) in [6.45, 7) is 6.01. The third kappa shape index (κ3) is 1.26. The number of nitrogens with zero attached hydrogens (tertiary/aromatic N) is 2. The third-order valence-electron chi connectivity index (χ3n) is 2.11. The molecule has 0 amide bonds. The quantitative estimate of drug-likeness (QED) is 0.668. The molecule has 2 rings (SSSR count). The Labute approximate surface area is 77.0 Å². The van der Waals surface area contributed by atoms with Crippen LogP contribution in [0.15, 0.2) is 22.7 Å². The molecule has 0 aromatic carbocycles. The number of aryl methyl sites for hydroxylation is 3. The van der Waals surface area contributed by atoms with E-state index < -0.39 is 0 Å². The normalized spacial score (nSPS) is 10.7. The molecule has 0 saturated heterocycles. The van der Waals surface area contributed by atoms with Gasteiger partial charge in [0, 0.05) is 17.5 Å². The van der Waals surface area contributed by atoms with Gasteiger partial charge in [0.15, 0.2) is 0 Å². The fraction of sp³-hybridized carbons (Fsp3) is 0.300. The lowest BCUT2D eigenvalue weighted by Crippen LogP contribution is -1.96. The predicted molar refractivity (Wildman–Crippen MR) is 50.0 cm³/mol. The zero-order valence-electron chi connectivity index (χ0n) is 8.03. The molecule has 68 valence electrons. The first-order valence-corrected chi connectivity index (χ1v) is 4.27. The lowest BCUT2D eigenvalue weighted by Gasteiger charge is -2.02. The number of hydrogen-bond donors (Lipinski definition) is 0. The van der Waals surface area contributed by atoms with E-state index in [0.717, 1.165) is 23.0 Å². The van der Waals surface area contributed by atoms with Crippen molar-refractivity contribution in [2.45, 2.75) is 20.8 Å². The van der Waals surface area contributed by atoms with Gasteiger partial charge >= 0.3 is 0 Å². The molecule has 0 fully saturated rings. The van der Waals surface area contributed by atoms with Crippen LogP contribution in [0, 0.1) is 20.8 Å². The summed E-state index contributed by atoms with van der Waals surface area (Å²) in [5.74, 6) is 0.789. The van der Waals surface area contributed by atoms with Gasteiger partial charge in [0.1, 0.15) is 0 Å². The van der Waals surface area contributed by atoms with E-state index in [9.17, 15) is 0 Å². The zero-order chi connectivity index (χ0) is 9.42. The van der Waals surface area contributed by atoms with Gasteiger partial charge in [0.05, 0.1) is 5.69 Å². The van der Waals surface area contributed by atoms with Crippen LogP contribution in [0.5, 0.6) is 0 Å². The molecule has 2 aromatic rings. The minimum Gasteiger partial charge on any atom is -0.338 e. The maximum Gasteiger partial charge on any atom is 0.235 e. The van der Waals surface area contributed by atoms with Crippen LogP contribution < -0.4 is 0 Å². The molecule has 13 heavy (non-hydrogen) atoms. The van der Waals surface area contributed by atoms with Crippen LogP contribution in [0.3, 0.4) is 0 Å². The summed E-state index contributed by atoms with van der Waals surface area (Å²) in [5.41, 5.74) is 3.23. The molecule has 0 bridgehead atoms. The standard InChI is InChI=1S/C10H12N2O/c1-7-6-10(13-11-7)12-8(2)4-5-9(12)3/h4-6H,1-3H3. The van der Waals surface area contributed by atoms with E-state index in [-0.39, 0.29) is 0 Å². The summed E-state index contributed by atoms with van der Waals surface area (Å²) in [5, 5.41) is 3.86. The molecule has 3 nitrogen and oxygen atoms in total. The summed E-state index contributed by atoms with van der Waals surface area (Å²) < 4.78 is 7.22. The molecule has 0 atom stereocenters. The summed E-state index contributed by atoms with van der Waals surface area (Å²) in [6, 6.07) is 6.06. The van der Waals surface area contributed by atoms with Crippen LogP contribution in [-0.4, -0.2) is 9.72 Å². The highest BCUT2D eigenvalue weighted by molar-refractivity contribution is 5.29. The van der Waals surface area contributed by atoms with E-state index in [1.165, 1.54) is 0 Å². The number of rotatable bonds is 1. The van der Waals surface area contributed by atoms with E-state index >= 15 is 0 Å². The van der Waals surface area contributed by atoms with Gasteiger partial charge in [-0.2, -0.15) is 0 Å². The molecule has 2 aromatic heterocycles. The van der Waals surface area contributed by atoms with Crippen molar-refractivity contribution in [2.75, 3.05) is 0 Å². The topological polar surface area (TPSA) is 31.0 Å². The summed E-state index contributed by atoms with van der Waals surface area (Å²) in [7, 11) is 0. The van der Waals surface area contributed by atoms with Crippen molar-refractivity contribution in [1.29, 1.82) is 0 Å². The first-order valence-electron chi connectivity index (χ1n) is 4.27. The second-order valence-electron chi connectivity index (χ2n) is 3.26. The Kier molecular flexibility index (Phi) is 1.72. The van der Waals surface area contributed by atoms with Crippen LogP contribution in [0.25, 0.3) is 5.88 Å². The van der Waals surface area contributed by atoms with Gasteiger partial charge in [-0.3, -0.25) is 4.57 Å². The molecule has 0 radical (unpaired) electrons. The van der Waals surface area contributed by atoms with Gasteiger partial charge in [0.25, 0.3) is 0 Å². The fourth-order valence-corrected chi connectivity index (χ4v) is 1.47. The SMILES string of the molecule is Cc1cc(-n2c(C)ccc2C)on1. The highest BCUT2D eigenvalue weighted by Gasteiger charge is 2.07. The molecule has 0 N–H and O–H groups in total. The monoisotopic (exact) mass is 176 g/mol. The van der Waals surface area contributed by atoms with E-state index in [4.69, 9.17) is 4.52 Å². The second kappa shape index (κ2) is 2.76. The minimum absolute atomic E-state index is 0.789. The molecule has 0 aliphatic rings. The first kappa shape index (κ1) is 8.10. The largest absolute Gasteiger partial charge is 0.338 e. The van der Waals surface area contributed by atoms with Crippen LogP contribution in [0.1, 0.15) is 17.1 Å². The Hall–Kier alpha value is -1.51. The van der Waals surface area contributed by atoms with E-state index in [1.807, 2.05) is 31.4 Å². The third-order valence-corrected chi connectivity index (χ3v) is 2.11. The van der Waals surface area contributed by atoms with Crippen molar-refractivity contribution in [3.63, 3.8) is 0 Å². The smallest absolute Gasteiger partial charge is 0.235 e. The van der Waals surface area contributed by atoms with Crippen molar-refractivity contribution in [2.24, 2.45) is 0 Å². The van der Waals surface area contributed by atoms with Gasteiger partial charge in [-0.05, 0) is 32.9 Å². The number of hydrogen-bond acceptors (Lipinski definition) is 2. The zero-order valence-corrected chi connectivity index (χ0v) is 8.03. The molecule has 0 aliphatic carbocycles. The fourth-order valence-electron chi connectivity index (χ4n) is 1.47. The van der Waals surface area contributed by atoms with Crippen molar-refractivity contribution in [1.82, 2.24) is 9.72 Å². The average Bonchev–Trinajstić information content (AvgIpc) is 2.60. The molecule has 0 spiro atoms. The van der Waals surface area contributed by atoms with Crippen LogP contribution >= 0.6 is 0 Å². The Bertz CT molecular complexity index is 406. The Morgan fingerprint density at radius 1 is 1.15 bits per heavy atom. The Morgan fingerprint density at radius 2 is 1.77 bits per heavy atom. The molecule has 0 saturated carbocycles. The van der Waals surface area contributed by atoms with E-state index in [2.05, 4.69) is 17.3 Å². The molecule has 0 aliphatic heterocycles. The second-order valence-corrected chi connectivity index (χ2v) is 3.26. The lowest BCUT2D eigenvalue weighted by atomic mass is 10.4. The van der Waals surface area contributed by atoms with Crippen molar-refractivity contribution < 1.29 is 4.52 Å². The average molecular weight is 176 g/mol. The minimum atomic E-state index is 0.789. The van der Waals surface area contributed by atoms with Gasteiger partial charge < -0.3 is 4.52 Å². The number of aromatic nitrogens is 2. The predicted octanol–water partition coefficient (Wildman–Crippen LogP) is 2.39. The Morgan fingerprint density at radius 3 is 2.23 bits per heavy atom. The first-order chi connectivity index (χ1) is 6.18. The highest BCUT2D eigenvalue weighted by atomic mass is 16.5.